The molecule has 2 N–H and O–H groups in total. The van der Waals surface area contributed by atoms with Gasteiger partial charge in [0.05, 0.1) is 17.4 Å². The van der Waals surface area contributed by atoms with Gasteiger partial charge in [0, 0.05) is 0 Å². The van der Waals surface area contributed by atoms with Crippen molar-refractivity contribution in [3.05, 3.63) is 0 Å². The topological polar surface area (TPSA) is 101 Å². The average Bonchev–Trinajstić information content (AvgIpc) is 3.00. The van der Waals surface area contributed by atoms with Crippen molar-refractivity contribution in [2.45, 2.75) is 31.7 Å². The van der Waals surface area contributed by atoms with Gasteiger partial charge in [0.25, 0.3) is 0 Å². The molecule has 1 aliphatic heterocycles. The van der Waals surface area contributed by atoms with Gasteiger partial charge < -0.3 is 10.4 Å². The van der Waals surface area contributed by atoms with Crippen LogP contribution in [0.3, 0.4) is 0 Å². The van der Waals surface area contributed by atoms with Crippen LogP contribution in [0.15, 0.2) is 0 Å². The summed E-state index contributed by atoms with van der Waals surface area (Å²) >= 11 is 0. The van der Waals surface area contributed by atoms with Gasteiger partial charge in [-0.2, -0.15) is 0 Å². The quantitative estimate of drug-likeness (QED) is 0.723. The number of hydrogen-bond donors (Lipinski definition) is 2. The highest BCUT2D eigenvalue weighted by Crippen LogP contribution is 2.33. The van der Waals surface area contributed by atoms with Crippen molar-refractivity contribution in [2.75, 3.05) is 11.5 Å². The molecule has 0 aromatic rings. The third-order valence-corrected chi connectivity index (χ3v) is 5.25. The lowest BCUT2D eigenvalue weighted by atomic mass is 10.1. The third kappa shape index (κ3) is 3.44. The van der Waals surface area contributed by atoms with Crippen LogP contribution in [0.4, 0.5) is 0 Å². The van der Waals surface area contributed by atoms with Gasteiger partial charge in [-0.05, 0) is 18.8 Å². The lowest BCUT2D eigenvalue weighted by Gasteiger charge is -2.16. The molecule has 7 heteroatoms. The highest BCUT2D eigenvalue weighted by atomic mass is 32.2. The zero-order valence-corrected chi connectivity index (χ0v) is 10.8. The molecule has 102 valence electrons. The summed E-state index contributed by atoms with van der Waals surface area (Å²) in [5.41, 5.74) is 0. The predicted octanol–water partition coefficient (Wildman–Crippen LogP) is -0.209. The van der Waals surface area contributed by atoms with E-state index >= 15 is 0 Å². The van der Waals surface area contributed by atoms with E-state index in [9.17, 15) is 18.0 Å². The third-order valence-electron chi connectivity index (χ3n) is 3.48. The SMILES string of the molecule is O=C(NC(CC1CC1)C(=O)O)C1CCS(=O)(=O)C1. The molecule has 6 nitrogen and oxygen atoms in total. The minimum absolute atomic E-state index is 0.0193. The number of amides is 1. The van der Waals surface area contributed by atoms with Crippen molar-refractivity contribution in [2.24, 2.45) is 11.8 Å². The first-order chi connectivity index (χ1) is 8.37. The monoisotopic (exact) mass is 275 g/mol. The molecule has 1 saturated heterocycles. The van der Waals surface area contributed by atoms with E-state index in [1.54, 1.807) is 0 Å². The number of nitrogens with one attached hydrogen (secondary N) is 1. The number of carbonyl (C=O) groups is 2. The molecule has 2 atom stereocenters. The van der Waals surface area contributed by atoms with Crippen LogP contribution in [-0.2, 0) is 19.4 Å². The van der Waals surface area contributed by atoms with Crippen LogP contribution >= 0.6 is 0 Å². The molecular weight excluding hydrogens is 258 g/mol. The summed E-state index contributed by atoms with van der Waals surface area (Å²) in [6, 6.07) is -0.881. The lowest BCUT2D eigenvalue weighted by Crippen LogP contribution is -2.44. The van der Waals surface area contributed by atoms with Gasteiger partial charge in [-0.25, -0.2) is 13.2 Å². The van der Waals surface area contributed by atoms with Crippen LogP contribution in [0.1, 0.15) is 25.7 Å². The van der Waals surface area contributed by atoms with E-state index in [0.717, 1.165) is 12.8 Å². The van der Waals surface area contributed by atoms with Crippen molar-refractivity contribution in [1.82, 2.24) is 5.32 Å². The van der Waals surface area contributed by atoms with E-state index in [4.69, 9.17) is 5.11 Å². The summed E-state index contributed by atoms with van der Waals surface area (Å²) < 4.78 is 22.5. The Hall–Kier alpha value is -1.11. The standard InChI is InChI=1S/C11H17NO5S/c13-10(8-3-4-18(16,17)6-8)12-9(11(14)15)5-7-1-2-7/h7-9H,1-6H2,(H,12,13)(H,14,15). The molecule has 2 fully saturated rings. The zero-order chi connectivity index (χ0) is 13.3. The molecule has 1 amide bonds. The van der Waals surface area contributed by atoms with Gasteiger partial charge in [-0.1, -0.05) is 12.8 Å². The molecule has 0 aromatic carbocycles. The smallest absolute Gasteiger partial charge is 0.326 e. The van der Waals surface area contributed by atoms with E-state index in [1.807, 2.05) is 0 Å². The van der Waals surface area contributed by atoms with Gasteiger partial charge in [0.15, 0.2) is 9.84 Å². The van der Waals surface area contributed by atoms with Gasteiger partial charge in [-0.3, -0.25) is 4.79 Å². The maximum atomic E-state index is 11.8. The summed E-state index contributed by atoms with van der Waals surface area (Å²) in [6.45, 7) is 0. The molecule has 0 spiro atoms. The first-order valence-corrected chi connectivity index (χ1v) is 7.93. The fourth-order valence-electron chi connectivity index (χ4n) is 2.20. The average molecular weight is 275 g/mol. The van der Waals surface area contributed by atoms with E-state index < -0.39 is 33.7 Å². The summed E-state index contributed by atoms with van der Waals surface area (Å²) in [5.74, 6) is -1.82. The Morgan fingerprint density at radius 2 is 1.94 bits per heavy atom. The lowest BCUT2D eigenvalue weighted by molar-refractivity contribution is -0.142. The maximum Gasteiger partial charge on any atom is 0.326 e. The Kier molecular flexibility index (Phi) is 3.61. The Morgan fingerprint density at radius 3 is 2.39 bits per heavy atom. The molecule has 2 aliphatic rings. The molecule has 1 heterocycles. The van der Waals surface area contributed by atoms with E-state index in [1.165, 1.54) is 0 Å². The van der Waals surface area contributed by atoms with Crippen LogP contribution in [0.2, 0.25) is 0 Å². The number of carboxylic acids is 1. The van der Waals surface area contributed by atoms with Crippen LogP contribution in [0, 0.1) is 11.8 Å². The van der Waals surface area contributed by atoms with E-state index in [0.29, 0.717) is 18.8 Å². The summed E-state index contributed by atoms with van der Waals surface area (Å²) in [6.07, 6.45) is 2.76. The molecule has 2 unspecified atom stereocenters. The summed E-state index contributed by atoms with van der Waals surface area (Å²) in [7, 11) is -3.12. The number of carbonyl (C=O) groups excluding carboxylic acids is 1. The van der Waals surface area contributed by atoms with Gasteiger partial charge in [-0.15, -0.1) is 0 Å². The number of sulfone groups is 1. The van der Waals surface area contributed by atoms with Gasteiger partial charge in [0.1, 0.15) is 6.04 Å². The number of carboxylic acid groups (broad SMARTS) is 1. The van der Waals surface area contributed by atoms with Crippen molar-refractivity contribution in [3.63, 3.8) is 0 Å². The summed E-state index contributed by atoms with van der Waals surface area (Å²) in [5, 5.41) is 11.5. The van der Waals surface area contributed by atoms with E-state index in [-0.39, 0.29) is 11.5 Å². The molecule has 0 bridgehead atoms. The zero-order valence-electron chi connectivity index (χ0n) is 9.96. The normalized spacial score (nSPS) is 27.7. The number of rotatable bonds is 5. The number of aliphatic carboxylic acids is 1. The van der Waals surface area contributed by atoms with Gasteiger partial charge in [0.2, 0.25) is 5.91 Å². The number of hydrogen-bond acceptors (Lipinski definition) is 4. The Balaban J connectivity index is 1.90. The minimum Gasteiger partial charge on any atom is -0.480 e. The Labute approximate surface area is 106 Å². The van der Waals surface area contributed by atoms with E-state index in [2.05, 4.69) is 5.32 Å². The largest absolute Gasteiger partial charge is 0.480 e. The molecular formula is C11H17NO5S. The molecule has 0 aromatic heterocycles. The second-order valence-electron chi connectivity index (χ2n) is 5.18. The first kappa shape index (κ1) is 13.3. The molecule has 1 aliphatic carbocycles. The predicted molar refractivity (Wildman–Crippen MR) is 63.7 cm³/mol. The highest BCUT2D eigenvalue weighted by molar-refractivity contribution is 7.91. The fourth-order valence-corrected chi connectivity index (χ4v) is 3.94. The second-order valence-corrected chi connectivity index (χ2v) is 7.41. The maximum absolute atomic E-state index is 11.8. The van der Waals surface area contributed by atoms with Crippen molar-refractivity contribution in [1.29, 1.82) is 0 Å². The van der Waals surface area contributed by atoms with Crippen molar-refractivity contribution < 1.29 is 23.1 Å². The van der Waals surface area contributed by atoms with Gasteiger partial charge >= 0.3 is 5.97 Å². The highest BCUT2D eigenvalue weighted by Gasteiger charge is 2.36. The van der Waals surface area contributed by atoms with Crippen LogP contribution in [0.25, 0.3) is 0 Å². The Morgan fingerprint density at radius 1 is 1.28 bits per heavy atom. The molecule has 0 radical (unpaired) electrons. The molecule has 1 saturated carbocycles. The van der Waals surface area contributed by atoms with Crippen molar-refractivity contribution >= 4 is 21.7 Å². The molecule has 2 rings (SSSR count). The van der Waals surface area contributed by atoms with Crippen LogP contribution in [0.5, 0.6) is 0 Å². The van der Waals surface area contributed by atoms with Crippen LogP contribution in [-0.4, -0.2) is 42.9 Å². The van der Waals surface area contributed by atoms with Crippen LogP contribution < -0.4 is 5.32 Å². The first-order valence-electron chi connectivity index (χ1n) is 6.11. The summed E-state index contributed by atoms with van der Waals surface area (Å²) in [4.78, 5) is 22.8. The Bertz CT molecular complexity index is 454. The fraction of sp³-hybridized carbons (Fsp3) is 0.818. The second kappa shape index (κ2) is 4.87. The molecule has 18 heavy (non-hydrogen) atoms. The minimum atomic E-state index is -3.12. The van der Waals surface area contributed by atoms with Crippen molar-refractivity contribution in [3.8, 4) is 0 Å².